The van der Waals surface area contributed by atoms with Crippen molar-refractivity contribution in [3.63, 3.8) is 0 Å². The van der Waals surface area contributed by atoms with Crippen molar-refractivity contribution in [3.8, 4) is 5.75 Å². The second kappa shape index (κ2) is 9.76. The predicted molar refractivity (Wildman–Crippen MR) is 143 cm³/mol. The van der Waals surface area contributed by atoms with Gasteiger partial charge in [0.15, 0.2) is 11.4 Å². The second-order valence-corrected chi connectivity index (χ2v) is 10.7. The number of hydrogen-bond acceptors (Lipinski definition) is 3. The van der Waals surface area contributed by atoms with Gasteiger partial charge in [0.25, 0.3) is 0 Å². The van der Waals surface area contributed by atoms with Crippen LogP contribution in [-0.4, -0.2) is 14.9 Å². The minimum atomic E-state index is -0.121. The largest absolute Gasteiger partial charge is 0.485 e. The van der Waals surface area contributed by atoms with E-state index in [4.69, 9.17) is 9.72 Å². The molecule has 176 valence electrons. The topological polar surface area (TPSA) is 38.6 Å². The first-order valence-electron chi connectivity index (χ1n) is 11.9. The molecule has 4 heteroatoms. The summed E-state index contributed by atoms with van der Waals surface area (Å²) in [5, 5.41) is 3.80. The molecule has 1 N–H and O–H groups in total. The Morgan fingerprint density at radius 1 is 0.853 bits per heavy atom. The summed E-state index contributed by atoms with van der Waals surface area (Å²) >= 11 is 0. The summed E-state index contributed by atoms with van der Waals surface area (Å²) in [6, 6.07) is 24.5. The molecule has 4 nitrogen and oxygen atoms in total. The van der Waals surface area contributed by atoms with Crippen LogP contribution in [0.5, 0.6) is 5.75 Å². The highest BCUT2D eigenvalue weighted by Gasteiger charge is 2.27. The molecular weight excluding hydrogens is 418 g/mol. The number of ether oxygens (including phenoxy) is 1. The van der Waals surface area contributed by atoms with E-state index in [0.717, 1.165) is 40.5 Å². The average molecular weight is 454 g/mol. The molecule has 0 aliphatic rings. The average Bonchev–Trinajstić information content (AvgIpc) is 3.13. The number of fused-ring (bicyclic) bond motifs is 1. The molecule has 0 saturated heterocycles. The molecule has 0 saturated carbocycles. The monoisotopic (exact) mass is 453 g/mol. The third kappa shape index (κ3) is 6.07. The maximum Gasteiger partial charge on any atom is 0.181 e. The fraction of sp³-hybridized carbons (Fsp3) is 0.300. The highest BCUT2D eigenvalue weighted by molar-refractivity contribution is 5.77. The third-order valence-corrected chi connectivity index (χ3v) is 5.54. The number of nitrogens with zero attached hydrogens (tertiary/aromatic N) is 2. The third-order valence-electron chi connectivity index (χ3n) is 5.54. The highest BCUT2D eigenvalue weighted by atomic mass is 16.5. The lowest BCUT2D eigenvalue weighted by Gasteiger charge is -2.34. The van der Waals surface area contributed by atoms with Gasteiger partial charge >= 0.3 is 0 Å². The van der Waals surface area contributed by atoms with Crippen LogP contribution < -0.4 is 10.1 Å². The van der Waals surface area contributed by atoms with Crippen LogP contribution in [0.3, 0.4) is 0 Å². The van der Waals surface area contributed by atoms with Crippen LogP contribution >= 0.6 is 0 Å². The molecule has 0 fully saturated rings. The Morgan fingerprint density at radius 2 is 1.53 bits per heavy atom. The van der Waals surface area contributed by atoms with Gasteiger partial charge < -0.3 is 10.1 Å². The van der Waals surface area contributed by atoms with Gasteiger partial charge in [-0.2, -0.15) is 0 Å². The number of rotatable bonds is 8. The lowest BCUT2D eigenvalue weighted by molar-refractivity contribution is 0.301. The van der Waals surface area contributed by atoms with Crippen molar-refractivity contribution in [1.82, 2.24) is 9.38 Å². The summed E-state index contributed by atoms with van der Waals surface area (Å²) in [7, 11) is 0. The lowest BCUT2D eigenvalue weighted by atomic mass is 9.82. The first-order valence-corrected chi connectivity index (χ1v) is 11.9. The number of aromatic nitrogens is 2. The Balaban J connectivity index is 1.73. The van der Waals surface area contributed by atoms with E-state index >= 15 is 0 Å². The van der Waals surface area contributed by atoms with Crippen LogP contribution in [0.4, 0.5) is 5.82 Å². The number of pyridine rings is 1. The van der Waals surface area contributed by atoms with Gasteiger partial charge in [0, 0.05) is 11.7 Å². The zero-order valence-electron chi connectivity index (χ0n) is 20.9. The summed E-state index contributed by atoms with van der Waals surface area (Å²) in [5.41, 5.74) is 4.04. The maximum absolute atomic E-state index is 6.21. The first-order chi connectivity index (χ1) is 16.2. The summed E-state index contributed by atoms with van der Waals surface area (Å²) in [6.07, 6.45) is 7.25. The maximum atomic E-state index is 6.21. The molecule has 0 aliphatic heterocycles. The van der Waals surface area contributed by atoms with E-state index in [2.05, 4.69) is 80.8 Å². The Morgan fingerprint density at radius 3 is 2.21 bits per heavy atom. The molecule has 2 heterocycles. The molecule has 0 atom stereocenters. The molecule has 0 spiro atoms. The van der Waals surface area contributed by atoms with Crippen molar-refractivity contribution in [3.05, 3.63) is 95.8 Å². The Labute approximate surface area is 203 Å². The molecule has 4 rings (SSSR count). The second-order valence-electron chi connectivity index (χ2n) is 10.7. The fourth-order valence-corrected chi connectivity index (χ4v) is 4.58. The van der Waals surface area contributed by atoms with Crippen LogP contribution in [0, 0.1) is 5.41 Å². The molecule has 0 bridgehead atoms. The summed E-state index contributed by atoms with van der Waals surface area (Å²) < 4.78 is 8.32. The minimum absolute atomic E-state index is 0.121. The van der Waals surface area contributed by atoms with Gasteiger partial charge in [-0.05, 0) is 55.0 Å². The van der Waals surface area contributed by atoms with E-state index < -0.39 is 0 Å². The zero-order valence-corrected chi connectivity index (χ0v) is 20.9. The number of hydrogen-bond donors (Lipinski definition) is 1. The number of anilines is 1. The van der Waals surface area contributed by atoms with Gasteiger partial charge in [-0.25, -0.2) is 4.98 Å². The van der Waals surface area contributed by atoms with Crippen LogP contribution in [0.2, 0.25) is 0 Å². The SMILES string of the molecule is CC(C)(C)CC(C)(C)Nc1c(/C=C/c2ccccc2)nc2c(OCc3ccccc3)cccn12. The van der Waals surface area contributed by atoms with E-state index in [9.17, 15) is 0 Å². The zero-order chi connectivity index (χ0) is 24.2. The molecule has 34 heavy (non-hydrogen) atoms. The van der Waals surface area contributed by atoms with Gasteiger partial charge in [0.1, 0.15) is 18.1 Å². The Hall–Kier alpha value is -3.53. The molecule has 0 radical (unpaired) electrons. The Kier molecular flexibility index (Phi) is 6.78. The van der Waals surface area contributed by atoms with Crippen LogP contribution in [0.15, 0.2) is 79.0 Å². The van der Waals surface area contributed by atoms with Gasteiger partial charge in [0.2, 0.25) is 0 Å². The van der Waals surface area contributed by atoms with Crippen molar-refractivity contribution in [1.29, 1.82) is 0 Å². The van der Waals surface area contributed by atoms with Crippen molar-refractivity contribution in [2.24, 2.45) is 5.41 Å². The van der Waals surface area contributed by atoms with Crippen molar-refractivity contribution >= 4 is 23.6 Å². The lowest BCUT2D eigenvalue weighted by Crippen LogP contribution is -2.36. The van der Waals surface area contributed by atoms with Crippen molar-refractivity contribution < 1.29 is 4.74 Å². The van der Waals surface area contributed by atoms with E-state index in [1.54, 1.807) is 0 Å². The first kappa shape index (κ1) is 23.6. The van der Waals surface area contributed by atoms with Crippen molar-refractivity contribution in [2.75, 3.05) is 5.32 Å². The fourth-order valence-electron chi connectivity index (χ4n) is 4.58. The highest BCUT2D eigenvalue weighted by Crippen LogP contribution is 2.33. The number of nitrogens with one attached hydrogen (secondary N) is 1. The van der Waals surface area contributed by atoms with E-state index in [0.29, 0.717) is 6.61 Å². The standard InChI is InChI=1S/C30H35N3O/c1-29(2,3)22-30(4,5)32-27-25(19-18-23-13-8-6-9-14-23)31-28-26(17-12-20-33(27)28)34-21-24-15-10-7-11-16-24/h6-20,32H,21-22H2,1-5H3/b19-18+. The molecule has 0 aliphatic carbocycles. The van der Waals surface area contributed by atoms with Crippen LogP contribution in [-0.2, 0) is 6.61 Å². The molecule has 0 unspecified atom stereocenters. The molecule has 0 amide bonds. The van der Waals surface area contributed by atoms with E-state index in [1.807, 2.05) is 54.7 Å². The summed E-state index contributed by atoms with van der Waals surface area (Å²) in [6.45, 7) is 11.8. The molecule has 2 aromatic carbocycles. The quantitative estimate of drug-likeness (QED) is 0.297. The van der Waals surface area contributed by atoms with E-state index in [-0.39, 0.29) is 11.0 Å². The summed E-state index contributed by atoms with van der Waals surface area (Å²) in [5.74, 6) is 1.74. The minimum Gasteiger partial charge on any atom is -0.485 e. The van der Waals surface area contributed by atoms with Gasteiger partial charge in [-0.15, -0.1) is 0 Å². The summed E-state index contributed by atoms with van der Waals surface area (Å²) in [4.78, 5) is 5.01. The Bertz CT molecular complexity index is 1250. The number of benzene rings is 2. The van der Waals surface area contributed by atoms with Gasteiger partial charge in [0.05, 0.1) is 0 Å². The normalized spacial score (nSPS) is 12.4. The van der Waals surface area contributed by atoms with Crippen LogP contribution in [0.1, 0.15) is 57.9 Å². The van der Waals surface area contributed by atoms with Gasteiger partial charge in [-0.3, -0.25) is 4.40 Å². The molecular formula is C30H35N3O. The smallest absolute Gasteiger partial charge is 0.181 e. The molecule has 2 aromatic heterocycles. The van der Waals surface area contributed by atoms with Crippen LogP contribution in [0.25, 0.3) is 17.8 Å². The number of imidazole rings is 1. The van der Waals surface area contributed by atoms with Gasteiger partial charge in [-0.1, -0.05) is 87.5 Å². The van der Waals surface area contributed by atoms with E-state index in [1.165, 1.54) is 0 Å². The molecule has 4 aromatic rings. The predicted octanol–water partition coefficient (Wildman–Crippen LogP) is 7.71. The van der Waals surface area contributed by atoms with Crippen molar-refractivity contribution in [2.45, 2.75) is 53.2 Å².